The van der Waals surface area contributed by atoms with Gasteiger partial charge in [-0.2, -0.15) is 4.31 Å². The third-order valence-corrected chi connectivity index (χ3v) is 7.62. The molecule has 1 aliphatic heterocycles. The summed E-state index contributed by atoms with van der Waals surface area (Å²) in [6, 6.07) is 7.86. The molecule has 0 spiro atoms. The summed E-state index contributed by atoms with van der Waals surface area (Å²) < 4.78 is 27.2. The van der Waals surface area contributed by atoms with Gasteiger partial charge in [-0.15, -0.1) is 0 Å². The van der Waals surface area contributed by atoms with E-state index in [0.717, 1.165) is 18.7 Å². The van der Waals surface area contributed by atoms with Crippen LogP contribution in [0.2, 0.25) is 0 Å². The SMILES string of the molecule is Cc1ccc(S(=O)(=O)N2CCN(C3CCCCCCC3)CC2)cc1.O=C(O)C(=O)O. The second kappa shape index (κ2) is 11.4. The molecule has 30 heavy (non-hydrogen) atoms. The van der Waals surface area contributed by atoms with Crippen molar-refractivity contribution in [3.8, 4) is 0 Å². The number of nitrogens with zero attached hydrogens (tertiary/aromatic N) is 2. The van der Waals surface area contributed by atoms with Gasteiger partial charge >= 0.3 is 11.9 Å². The molecule has 1 aromatic rings. The molecule has 2 N–H and O–H groups in total. The number of hydrogen-bond acceptors (Lipinski definition) is 5. The molecule has 0 unspecified atom stereocenters. The Morgan fingerprint density at radius 3 is 1.77 bits per heavy atom. The molecule has 0 bridgehead atoms. The minimum Gasteiger partial charge on any atom is -0.473 e. The molecule has 0 aromatic heterocycles. The maximum absolute atomic E-state index is 12.8. The van der Waals surface area contributed by atoms with Crippen LogP contribution < -0.4 is 0 Å². The van der Waals surface area contributed by atoms with Crippen LogP contribution in [0.4, 0.5) is 0 Å². The highest BCUT2D eigenvalue weighted by atomic mass is 32.2. The van der Waals surface area contributed by atoms with Gasteiger partial charge < -0.3 is 10.2 Å². The molecule has 1 saturated carbocycles. The molecule has 1 heterocycles. The third-order valence-electron chi connectivity index (χ3n) is 5.71. The first-order valence-corrected chi connectivity index (χ1v) is 11.9. The van der Waals surface area contributed by atoms with Gasteiger partial charge in [-0.3, -0.25) is 4.90 Å². The second-order valence-corrected chi connectivity index (χ2v) is 9.80. The average molecular weight is 441 g/mol. The Balaban J connectivity index is 0.000000469. The molecule has 3 rings (SSSR count). The van der Waals surface area contributed by atoms with Crippen LogP contribution in [0, 0.1) is 6.92 Å². The highest BCUT2D eigenvalue weighted by Gasteiger charge is 2.30. The van der Waals surface area contributed by atoms with Crippen LogP contribution in [0.5, 0.6) is 0 Å². The number of aryl methyl sites for hydroxylation is 1. The van der Waals surface area contributed by atoms with E-state index in [2.05, 4.69) is 4.90 Å². The van der Waals surface area contributed by atoms with Crippen LogP contribution in [0.15, 0.2) is 29.2 Å². The highest BCUT2D eigenvalue weighted by molar-refractivity contribution is 7.89. The van der Waals surface area contributed by atoms with Crippen LogP contribution in [0.1, 0.15) is 50.5 Å². The molecule has 1 aliphatic carbocycles. The summed E-state index contributed by atoms with van der Waals surface area (Å²) in [5, 5.41) is 14.8. The van der Waals surface area contributed by atoms with Crippen LogP contribution in [0.3, 0.4) is 0 Å². The van der Waals surface area contributed by atoms with Crippen molar-refractivity contribution < 1.29 is 28.2 Å². The lowest BCUT2D eigenvalue weighted by Crippen LogP contribution is -2.51. The first-order valence-electron chi connectivity index (χ1n) is 10.5. The molecule has 2 aliphatic rings. The van der Waals surface area contributed by atoms with Crippen molar-refractivity contribution in [2.45, 2.75) is 62.8 Å². The first-order chi connectivity index (χ1) is 14.2. The summed E-state index contributed by atoms with van der Waals surface area (Å²) in [4.78, 5) is 21.2. The van der Waals surface area contributed by atoms with Gasteiger partial charge in [0, 0.05) is 32.2 Å². The van der Waals surface area contributed by atoms with Gasteiger partial charge in [-0.05, 0) is 31.9 Å². The molecule has 0 radical (unpaired) electrons. The molecular weight excluding hydrogens is 408 g/mol. The zero-order chi connectivity index (χ0) is 22.1. The Kier molecular flexibility index (Phi) is 9.26. The van der Waals surface area contributed by atoms with Crippen molar-refractivity contribution in [1.29, 1.82) is 0 Å². The summed E-state index contributed by atoms with van der Waals surface area (Å²) in [6.45, 7) is 4.95. The van der Waals surface area contributed by atoms with Crippen molar-refractivity contribution in [1.82, 2.24) is 9.21 Å². The minimum absolute atomic E-state index is 0.424. The largest absolute Gasteiger partial charge is 0.473 e. The molecule has 168 valence electrons. The van der Waals surface area contributed by atoms with Gasteiger partial charge in [0.05, 0.1) is 4.90 Å². The molecule has 2 fully saturated rings. The summed E-state index contributed by atoms with van der Waals surface area (Å²) in [7, 11) is -3.34. The molecule has 1 saturated heterocycles. The third kappa shape index (κ3) is 7.07. The number of sulfonamides is 1. The Morgan fingerprint density at radius 1 is 0.833 bits per heavy atom. The summed E-state index contributed by atoms with van der Waals surface area (Å²) >= 11 is 0. The number of aliphatic carboxylic acids is 2. The van der Waals surface area contributed by atoms with Crippen molar-refractivity contribution in [2.24, 2.45) is 0 Å². The zero-order valence-corrected chi connectivity index (χ0v) is 18.3. The fourth-order valence-electron chi connectivity index (χ4n) is 3.97. The van der Waals surface area contributed by atoms with E-state index in [1.54, 1.807) is 16.4 Å². The first kappa shape index (κ1) is 24.3. The minimum atomic E-state index is -3.34. The van der Waals surface area contributed by atoms with Gasteiger partial charge in [-0.1, -0.05) is 49.8 Å². The number of hydrogen-bond donors (Lipinski definition) is 2. The predicted molar refractivity (Wildman–Crippen MR) is 113 cm³/mol. The summed E-state index contributed by atoms with van der Waals surface area (Å²) in [6.07, 6.45) is 9.32. The Bertz CT molecular complexity index is 781. The van der Waals surface area contributed by atoms with E-state index in [9.17, 15) is 8.42 Å². The molecule has 0 atom stereocenters. The van der Waals surface area contributed by atoms with E-state index in [1.807, 2.05) is 19.1 Å². The average Bonchev–Trinajstić information content (AvgIpc) is 2.69. The standard InChI is InChI=1S/C19H30N2O2S.C2H2O4/c1-17-9-11-19(12-10-17)24(22,23)21-15-13-20(14-16-21)18-7-5-3-2-4-6-8-18;3-1(4)2(5)6/h9-12,18H,2-8,13-16H2,1H3;(H,3,4)(H,5,6). The Labute approximate surface area is 178 Å². The Morgan fingerprint density at radius 2 is 1.30 bits per heavy atom. The monoisotopic (exact) mass is 440 g/mol. The maximum Gasteiger partial charge on any atom is 0.414 e. The molecule has 1 aromatic carbocycles. The van der Waals surface area contributed by atoms with Crippen LogP contribution >= 0.6 is 0 Å². The van der Waals surface area contributed by atoms with Gasteiger partial charge in [-0.25, -0.2) is 18.0 Å². The van der Waals surface area contributed by atoms with E-state index < -0.39 is 22.0 Å². The quantitative estimate of drug-likeness (QED) is 0.694. The number of rotatable bonds is 3. The van der Waals surface area contributed by atoms with Crippen molar-refractivity contribution in [3.63, 3.8) is 0 Å². The van der Waals surface area contributed by atoms with Gasteiger partial charge in [0.1, 0.15) is 0 Å². The topological polar surface area (TPSA) is 115 Å². The summed E-state index contributed by atoms with van der Waals surface area (Å²) in [5.41, 5.74) is 1.09. The molecule has 0 amide bonds. The van der Waals surface area contributed by atoms with E-state index >= 15 is 0 Å². The highest BCUT2D eigenvalue weighted by Crippen LogP contribution is 2.24. The van der Waals surface area contributed by atoms with Crippen molar-refractivity contribution in [2.75, 3.05) is 26.2 Å². The van der Waals surface area contributed by atoms with Gasteiger partial charge in [0.2, 0.25) is 10.0 Å². The fourth-order valence-corrected chi connectivity index (χ4v) is 5.39. The predicted octanol–water partition coefficient (Wildman–Crippen LogP) is 2.57. The van der Waals surface area contributed by atoms with Crippen LogP contribution in [0.25, 0.3) is 0 Å². The van der Waals surface area contributed by atoms with Gasteiger partial charge in [0.15, 0.2) is 0 Å². The number of carboxylic acid groups (broad SMARTS) is 2. The number of benzene rings is 1. The smallest absolute Gasteiger partial charge is 0.414 e. The zero-order valence-electron chi connectivity index (χ0n) is 17.5. The van der Waals surface area contributed by atoms with Crippen LogP contribution in [-0.4, -0.2) is 72.0 Å². The fraction of sp³-hybridized carbons (Fsp3) is 0.619. The number of piperazine rings is 1. The normalized spacial score (nSPS) is 19.8. The lowest BCUT2D eigenvalue weighted by atomic mass is 9.95. The van der Waals surface area contributed by atoms with Crippen LogP contribution in [-0.2, 0) is 19.6 Å². The molecular formula is C21H32N2O6S. The lowest BCUT2D eigenvalue weighted by Gasteiger charge is -2.39. The van der Waals surface area contributed by atoms with E-state index in [0.29, 0.717) is 24.0 Å². The molecule has 8 nitrogen and oxygen atoms in total. The van der Waals surface area contributed by atoms with Gasteiger partial charge in [0.25, 0.3) is 0 Å². The van der Waals surface area contributed by atoms with Crippen molar-refractivity contribution in [3.05, 3.63) is 29.8 Å². The van der Waals surface area contributed by atoms with E-state index in [4.69, 9.17) is 19.8 Å². The van der Waals surface area contributed by atoms with E-state index in [-0.39, 0.29) is 0 Å². The van der Waals surface area contributed by atoms with E-state index in [1.165, 1.54) is 44.9 Å². The lowest BCUT2D eigenvalue weighted by molar-refractivity contribution is -0.159. The van der Waals surface area contributed by atoms with Crippen molar-refractivity contribution >= 4 is 22.0 Å². The molecule has 9 heteroatoms. The number of carboxylic acids is 2. The second-order valence-electron chi connectivity index (χ2n) is 7.86. The number of carbonyl (C=O) groups is 2. The Hall–Kier alpha value is -1.97. The summed E-state index contributed by atoms with van der Waals surface area (Å²) in [5.74, 6) is -3.65. The maximum atomic E-state index is 12.8.